The lowest BCUT2D eigenvalue weighted by Crippen LogP contribution is -2.25. The fourth-order valence-electron chi connectivity index (χ4n) is 2.55. The SMILES string of the molecule is CCc1ccc(CCOc2ccc(CC3SC(=O)NC3=O)cc2)nc1.[MgH2]. The van der Waals surface area contributed by atoms with Gasteiger partial charge >= 0.3 is 23.1 Å². The summed E-state index contributed by atoms with van der Waals surface area (Å²) in [6, 6.07) is 11.8. The average molecular weight is 383 g/mol. The molecule has 0 bridgehead atoms. The van der Waals surface area contributed by atoms with Gasteiger partial charge in [0.2, 0.25) is 5.91 Å². The van der Waals surface area contributed by atoms with E-state index in [-0.39, 0.29) is 39.4 Å². The number of pyridine rings is 1. The molecular weight excluding hydrogens is 361 g/mol. The molecule has 7 heteroatoms. The molecule has 1 aromatic heterocycles. The van der Waals surface area contributed by atoms with E-state index in [1.54, 1.807) is 0 Å². The molecule has 0 aliphatic carbocycles. The number of carbonyl (C=O) groups is 2. The van der Waals surface area contributed by atoms with Crippen LogP contribution in [0.2, 0.25) is 0 Å². The van der Waals surface area contributed by atoms with Gasteiger partial charge in [-0.15, -0.1) is 0 Å². The van der Waals surface area contributed by atoms with Gasteiger partial charge in [0, 0.05) is 18.3 Å². The number of nitrogens with one attached hydrogen (secondary N) is 1. The zero-order valence-electron chi connectivity index (χ0n) is 14.0. The third-order valence-electron chi connectivity index (χ3n) is 4.03. The standard InChI is InChI=1S/C19H20N2O3S.Mg.2H/c1-2-13-3-6-15(20-12-13)9-10-24-16-7-4-14(5-8-16)11-17-18(22)21-19(23)25-17;;;/h3-8,12,17H,2,9-11H2,1H3,(H,21,22,23);;;. The second kappa shape index (κ2) is 9.94. The molecule has 2 heterocycles. The van der Waals surface area contributed by atoms with Crippen molar-refractivity contribution in [1.29, 1.82) is 0 Å². The Morgan fingerprint density at radius 2 is 1.85 bits per heavy atom. The van der Waals surface area contributed by atoms with E-state index in [1.807, 2.05) is 36.5 Å². The van der Waals surface area contributed by atoms with Crippen molar-refractivity contribution in [3.63, 3.8) is 0 Å². The molecule has 26 heavy (non-hydrogen) atoms. The Hall–Kier alpha value is -1.57. The summed E-state index contributed by atoms with van der Waals surface area (Å²) >= 11 is 1.05. The van der Waals surface area contributed by atoms with E-state index in [2.05, 4.69) is 23.3 Å². The predicted molar refractivity (Wildman–Crippen MR) is 106 cm³/mol. The van der Waals surface area contributed by atoms with Crippen molar-refractivity contribution in [2.24, 2.45) is 0 Å². The molecule has 0 radical (unpaired) electrons. The molecule has 134 valence electrons. The van der Waals surface area contributed by atoms with Crippen molar-refractivity contribution < 1.29 is 14.3 Å². The summed E-state index contributed by atoms with van der Waals surface area (Å²) in [5.41, 5.74) is 3.25. The van der Waals surface area contributed by atoms with Crippen LogP contribution < -0.4 is 10.1 Å². The van der Waals surface area contributed by atoms with Crippen molar-refractivity contribution >= 4 is 46.0 Å². The topological polar surface area (TPSA) is 68.3 Å². The largest absolute Gasteiger partial charge is 0.493 e. The molecule has 1 unspecified atom stereocenters. The van der Waals surface area contributed by atoms with Gasteiger partial charge in [-0.05, 0) is 42.2 Å². The zero-order chi connectivity index (χ0) is 17.6. The number of hydrogen-bond donors (Lipinski definition) is 1. The van der Waals surface area contributed by atoms with Crippen molar-refractivity contribution in [2.45, 2.75) is 31.4 Å². The number of benzene rings is 1. The number of aromatic nitrogens is 1. The van der Waals surface area contributed by atoms with Gasteiger partial charge in [-0.2, -0.15) is 0 Å². The van der Waals surface area contributed by atoms with Crippen LogP contribution in [0.5, 0.6) is 5.75 Å². The maximum Gasteiger partial charge on any atom is 0.316 e. The fourth-order valence-corrected chi connectivity index (χ4v) is 3.41. The Morgan fingerprint density at radius 1 is 1.12 bits per heavy atom. The van der Waals surface area contributed by atoms with Gasteiger partial charge in [-0.1, -0.05) is 36.9 Å². The Balaban J connectivity index is 0.00000243. The molecule has 1 aliphatic heterocycles. The predicted octanol–water partition coefficient (Wildman–Crippen LogP) is 2.24. The number of aryl methyl sites for hydroxylation is 1. The van der Waals surface area contributed by atoms with Gasteiger partial charge < -0.3 is 4.74 Å². The first kappa shape index (κ1) is 20.7. The van der Waals surface area contributed by atoms with E-state index in [4.69, 9.17) is 4.74 Å². The van der Waals surface area contributed by atoms with Crippen LogP contribution in [0.3, 0.4) is 0 Å². The lowest BCUT2D eigenvalue weighted by atomic mass is 10.1. The molecule has 2 aromatic rings. The normalized spacial score (nSPS) is 16.1. The van der Waals surface area contributed by atoms with Gasteiger partial charge in [0.1, 0.15) is 5.75 Å². The van der Waals surface area contributed by atoms with Crippen LogP contribution in [0.4, 0.5) is 4.79 Å². The maximum atomic E-state index is 11.6. The van der Waals surface area contributed by atoms with Gasteiger partial charge in [0.15, 0.2) is 0 Å². The molecule has 1 atom stereocenters. The zero-order valence-corrected chi connectivity index (χ0v) is 14.8. The molecule has 1 N–H and O–H groups in total. The van der Waals surface area contributed by atoms with Crippen molar-refractivity contribution in [1.82, 2.24) is 10.3 Å². The highest BCUT2D eigenvalue weighted by molar-refractivity contribution is 8.15. The van der Waals surface area contributed by atoms with Gasteiger partial charge in [0.05, 0.1) is 11.9 Å². The smallest absolute Gasteiger partial charge is 0.316 e. The third-order valence-corrected chi connectivity index (χ3v) is 5.01. The minimum absolute atomic E-state index is 0. The average Bonchev–Trinajstić information content (AvgIpc) is 2.94. The molecule has 1 saturated heterocycles. The number of imide groups is 1. The Labute approximate surface area is 173 Å². The van der Waals surface area contributed by atoms with Gasteiger partial charge in [0.25, 0.3) is 5.24 Å². The Bertz CT molecular complexity index is 750. The molecular formula is C19H22MgN2O3S. The summed E-state index contributed by atoms with van der Waals surface area (Å²) in [6.07, 6.45) is 4.19. The van der Waals surface area contributed by atoms with Crippen LogP contribution in [0.25, 0.3) is 0 Å². The number of rotatable bonds is 7. The minimum atomic E-state index is -0.337. The number of amides is 2. The fraction of sp³-hybridized carbons (Fsp3) is 0.316. The van der Waals surface area contributed by atoms with E-state index in [1.165, 1.54) is 5.56 Å². The molecule has 1 fully saturated rings. The highest BCUT2D eigenvalue weighted by atomic mass is 32.2. The molecule has 1 aromatic carbocycles. The first-order valence-electron chi connectivity index (χ1n) is 8.31. The lowest BCUT2D eigenvalue weighted by Gasteiger charge is -2.09. The van der Waals surface area contributed by atoms with E-state index in [9.17, 15) is 9.59 Å². The van der Waals surface area contributed by atoms with E-state index >= 15 is 0 Å². The second-order valence-electron chi connectivity index (χ2n) is 5.84. The third kappa shape index (κ3) is 5.72. The monoisotopic (exact) mass is 382 g/mol. The second-order valence-corrected chi connectivity index (χ2v) is 7.02. The van der Waals surface area contributed by atoms with Crippen LogP contribution in [0, 0.1) is 0 Å². The van der Waals surface area contributed by atoms with Crippen LogP contribution in [0.1, 0.15) is 23.7 Å². The van der Waals surface area contributed by atoms with Crippen molar-refractivity contribution in [2.75, 3.05) is 6.61 Å². The van der Waals surface area contributed by atoms with Crippen LogP contribution in [-0.4, -0.2) is 51.0 Å². The van der Waals surface area contributed by atoms with Crippen LogP contribution in [0.15, 0.2) is 42.6 Å². The highest BCUT2D eigenvalue weighted by Crippen LogP contribution is 2.23. The number of hydrogen-bond acceptors (Lipinski definition) is 5. The summed E-state index contributed by atoms with van der Waals surface area (Å²) < 4.78 is 5.75. The lowest BCUT2D eigenvalue weighted by molar-refractivity contribution is -0.118. The van der Waals surface area contributed by atoms with Crippen molar-refractivity contribution in [3.8, 4) is 5.75 Å². The summed E-state index contributed by atoms with van der Waals surface area (Å²) in [6.45, 7) is 2.67. The van der Waals surface area contributed by atoms with Crippen LogP contribution >= 0.6 is 11.8 Å². The molecule has 3 rings (SSSR count). The van der Waals surface area contributed by atoms with Crippen LogP contribution in [-0.2, 0) is 24.1 Å². The minimum Gasteiger partial charge on any atom is -0.493 e. The molecule has 5 nitrogen and oxygen atoms in total. The summed E-state index contributed by atoms with van der Waals surface area (Å²) in [5.74, 6) is 0.574. The van der Waals surface area contributed by atoms with E-state index < -0.39 is 0 Å². The maximum absolute atomic E-state index is 11.6. The quantitative estimate of drug-likeness (QED) is 0.744. The van der Waals surface area contributed by atoms with E-state index in [0.29, 0.717) is 13.0 Å². The molecule has 0 saturated carbocycles. The first-order valence-corrected chi connectivity index (χ1v) is 9.19. The molecule has 0 spiro atoms. The first-order chi connectivity index (χ1) is 12.1. The number of ether oxygens (including phenoxy) is 1. The Morgan fingerprint density at radius 3 is 2.42 bits per heavy atom. The number of thioether (sulfide) groups is 1. The number of nitrogens with zero attached hydrogens (tertiary/aromatic N) is 1. The Kier molecular flexibility index (Phi) is 7.93. The van der Waals surface area contributed by atoms with E-state index in [0.717, 1.165) is 41.6 Å². The summed E-state index contributed by atoms with van der Waals surface area (Å²) in [7, 11) is 0. The molecule has 2 amide bonds. The van der Waals surface area contributed by atoms with Crippen molar-refractivity contribution in [3.05, 3.63) is 59.4 Å². The molecule has 1 aliphatic rings. The van der Waals surface area contributed by atoms with Gasteiger partial charge in [-0.25, -0.2) is 0 Å². The summed E-state index contributed by atoms with van der Waals surface area (Å²) in [5, 5.41) is 1.70. The number of carbonyl (C=O) groups excluding carboxylic acids is 2. The highest BCUT2D eigenvalue weighted by Gasteiger charge is 2.31. The van der Waals surface area contributed by atoms with Gasteiger partial charge in [-0.3, -0.25) is 19.9 Å². The summed E-state index contributed by atoms with van der Waals surface area (Å²) in [4.78, 5) is 27.2.